The van der Waals surface area contributed by atoms with E-state index in [4.69, 9.17) is 20.8 Å². The second kappa shape index (κ2) is 7.88. The highest BCUT2D eigenvalue weighted by atomic mass is 35.5. The Labute approximate surface area is 157 Å². The minimum Gasteiger partial charge on any atom is -0.486 e. The molecule has 3 nitrogen and oxygen atoms in total. The molecule has 138 valence electrons. The zero-order valence-electron chi connectivity index (χ0n) is 16.2. The molecule has 2 heterocycles. The molecule has 0 unspecified atom stereocenters. The van der Waals surface area contributed by atoms with Gasteiger partial charge in [-0.05, 0) is 28.9 Å². The summed E-state index contributed by atoms with van der Waals surface area (Å²) in [6, 6.07) is 3.90. The molecule has 0 aliphatic rings. The largest absolute Gasteiger partial charge is 0.486 e. The first-order valence-electron chi connectivity index (χ1n) is 8.96. The van der Waals surface area contributed by atoms with E-state index in [0.717, 1.165) is 16.5 Å². The van der Waals surface area contributed by atoms with Crippen molar-refractivity contribution in [3.8, 4) is 17.2 Å². The van der Waals surface area contributed by atoms with E-state index < -0.39 is 8.24 Å². The highest BCUT2D eigenvalue weighted by molar-refractivity contribution is 6.82. The Morgan fingerprint density at radius 3 is 2.32 bits per heavy atom. The molecule has 0 aliphatic heterocycles. The second-order valence-corrected chi connectivity index (χ2v) is 13.6. The Kier molecular flexibility index (Phi) is 6.28. The van der Waals surface area contributed by atoms with Crippen molar-refractivity contribution in [1.29, 1.82) is 0 Å². The van der Waals surface area contributed by atoms with Crippen molar-refractivity contribution in [2.45, 2.75) is 58.2 Å². The molecule has 0 amide bonds. The van der Waals surface area contributed by atoms with Crippen LogP contribution in [0.1, 0.15) is 41.5 Å². The summed E-state index contributed by atoms with van der Waals surface area (Å²) in [7, 11) is -1.91. The summed E-state index contributed by atoms with van der Waals surface area (Å²) < 4.78 is 13.9. The summed E-state index contributed by atoms with van der Waals surface area (Å²) in [6.07, 6.45) is 5.50. The zero-order valence-corrected chi connectivity index (χ0v) is 17.9. The number of aromatic nitrogens is 1. The number of rotatable bonds is 8. The first-order chi connectivity index (χ1) is 11.8. The molecule has 2 aromatic rings. The molecule has 0 bridgehead atoms. The maximum absolute atomic E-state index is 6.60. The van der Waals surface area contributed by atoms with Crippen LogP contribution in [0.5, 0.6) is 5.75 Å². The van der Waals surface area contributed by atoms with E-state index in [1.54, 1.807) is 12.3 Å². The minimum atomic E-state index is -1.91. The molecule has 0 aliphatic carbocycles. The first-order valence-corrected chi connectivity index (χ1v) is 11.5. The lowest BCUT2D eigenvalue weighted by molar-refractivity contribution is 0.357. The average Bonchev–Trinajstić information content (AvgIpc) is 3.11. The standard InChI is InChI=1S/C20H30ClNO2Si/c1-8-11-23-17-12-19(24-13-17)20-18(21)9-10-22(20)25(14(2)3,15(4)5)16(6)7/h8-10,12-16H,1,11H2,2-7H3. The van der Waals surface area contributed by atoms with Gasteiger partial charge >= 0.3 is 0 Å². The first kappa shape index (κ1) is 19.9. The zero-order chi connectivity index (χ0) is 18.8. The Balaban J connectivity index is 2.61. The minimum absolute atomic E-state index is 0.455. The van der Waals surface area contributed by atoms with Gasteiger partial charge in [-0.1, -0.05) is 65.8 Å². The smallest absolute Gasteiger partial charge is 0.169 e. The van der Waals surface area contributed by atoms with Gasteiger partial charge in [0.25, 0.3) is 0 Å². The molecule has 0 spiro atoms. The number of hydrogen-bond donors (Lipinski definition) is 0. The molecule has 2 aromatic heterocycles. The third-order valence-electron chi connectivity index (χ3n) is 5.21. The van der Waals surface area contributed by atoms with E-state index in [1.807, 2.05) is 12.1 Å². The molecule has 0 atom stereocenters. The number of hydrogen-bond acceptors (Lipinski definition) is 2. The lowest BCUT2D eigenvalue weighted by Gasteiger charge is -2.45. The topological polar surface area (TPSA) is 27.3 Å². The monoisotopic (exact) mass is 379 g/mol. The summed E-state index contributed by atoms with van der Waals surface area (Å²) >= 11 is 6.60. The molecule has 5 heteroatoms. The molecule has 0 aromatic carbocycles. The molecule has 0 fully saturated rings. The predicted molar refractivity (Wildman–Crippen MR) is 109 cm³/mol. The van der Waals surface area contributed by atoms with Gasteiger partial charge in [0.15, 0.2) is 19.7 Å². The molecular formula is C20H30ClNO2Si. The van der Waals surface area contributed by atoms with Gasteiger partial charge in [0.1, 0.15) is 12.9 Å². The summed E-state index contributed by atoms with van der Waals surface area (Å²) in [5, 5.41) is 0.725. The predicted octanol–water partition coefficient (Wildman–Crippen LogP) is 6.99. The van der Waals surface area contributed by atoms with Gasteiger partial charge in [-0.25, -0.2) is 0 Å². The Morgan fingerprint density at radius 1 is 1.20 bits per heavy atom. The third-order valence-corrected chi connectivity index (χ3v) is 12.3. The van der Waals surface area contributed by atoms with Gasteiger partial charge in [0.05, 0.1) is 10.7 Å². The van der Waals surface area contributed by atoms with E-state index in [1.165, 1.54) is 0 Å². The summed E-state index contributed by atoms with van der Waals surface area (Å²) in [5.74, 6) is 1.46. The fourth-order valence-electron chi connectivity index (χ4n) is 4.48. The van der Waals surface area contributed by atoms with E-state index in [2.05, 4.69) is 58.6 Å². The molecule has 0 N–H and O–H groups in total. The van der Waals surface area contributed by atoms with Crippen LogP contribution in [0.2, 0.25) is 21.6 Å². The van der Waals surface area contributed by atoms with Crippen molar-refractivity contribution in [1.82, 2.24) is 4.23 Å². The Bertz CT molecular complexity index is 693. The van der Waals surface area contributed by atoms with Crippen LogP contribution in [-0.2, 0) is 0 Å². The van der Waals surface area contributed by atoms with E-state index in [9.17, 15) is 0 Å². The van der Waals surface area contributed by atoms with E-state index >= 15 is 0 Å². The van der Waals surface area contributed by atoms with Crippen molar-refractivity contribution in [2.24, 2.45) is 0 Å². The van der Waals surface area contributed by atoms with Crippen molar-refractivity contribution >= 4 is 19.8 Å². The van der Waals surface area contributed by atoms with Gasteiger partial charge < -0.3 is 13.4 Å². The number of nitrogens with zero attached hydrogens (tertiary/aromatic N) is 1. The third kappa shape index (κ3) is 3.47. The molecule has 2 rings (SSSR count). The molecular weight excluding hydrogens is 350 g/mol. The summed E-state index contributed by atoms with van der Waals surface area (Å²) in [6.45, 7) is 18.2. The van der Waals surface area contributed by atoms with Crippen LogP contribution in [0.4, 0.5) is 0 Å². The molecule has 25 heavy (non-hydrogen) atoms. The highest BCUT2D eigenvalue weighted by Gasteiger charge is 2.46. The quantitative estimate of drug-likeness (QED) is 0.365. The van der Waals surface area contributed by atoms with E-state index in [-0.39, 0.29) is 0 Å². The molecule has 0 saturated carbocycles. The lowest BCUT2D eigenvalue weighted by atomic mass is 10.3. The second-order valence-electron chi connectivity index (χ2n) is 7.48. The average molecular weight is 380 g/mol. The van der Waals surface area contributed by atoms with Crippen molar-refractivity contribution in [2.75, 3.05) is 6.61 Å². The molecule has 0 radical (unpaired) electrons. The SMILES string of the molecule is C=CCOc1coc(-c2c(Cl)ccn2[Si](C(C)C)(C(C)C)C(C)C)c1. The van der Waals surface area contributed by atoms with Crippen LogP contribution in [0.15, 0.2) is 41.7 Å². The fraction of sp³-hybridized carbons (Fsp3) is 0.500. The normalized spacial score (nSPS) is 12.4. The van der Waals surface area contributed by atoms with Crippen LogP contribution >= 0.6 is 11.6 Å². The molecule has 0 saturated heterocycles. The van der Waals surface area contributed by atoms with E-state index in [0.29, 0.717) is 29.0 Å². The maximum Gasteiger partial charge on any atom is 0.169 e. The number of ether oxygens (including phenoxy) is 1. The van der Waals surface area contributed by atoms with Crippen LogP contribution in [0.3, 0.4) is 0 Å². The summed E-state index contributed by atoms with van der Waals surface area (Å²) in [4.78, 5) is 0. The van der Waals surface area contributed by atoms with Crippen molar-refractivity contribution in [3.05, 3.63) is 42.3 Å². The van der Waals surface area contributed by atoms with Gasteiger partial charge in [-0.2, -0.15) is 0 Å². The Hall–Kier alpha value is -1.39. The van der Waals surface area contributed by atoms with Gasteiger partial charge in [-0.3, -0.25) is 0 Å². The van der Waals surface area contributed by atoms with Crippen LogP contribution in [0, 0.1) is 0 Å². The maximum atomic E-state index is 6.60. The fourth-order valence-corrected chi connectivity index (χ4v) is 11.4. The van der Waals surface area contributed by atoms with Crippen molar-refractivity contribution < 1.29 is 9.15 Å². The Morgan fingerprint density at radius 2 is 1.80 bits per heavy atom. The number of halogens is 1. The van der Waals surface area contributed by atoms with Gasteiger partial charge in [0, 0.05) is 6.07 Å². The van der Waals surface area contributed by atoms with Gasteiger partial charge in [-0.15, -0.1) is 0 Å². The highest BCUT2D eigenvalue weighted by Crippen LogP contribution is 2.46. The van der Waals surface area contributed by atoms with Crippen LogP contribution in [0.25, 0.3) is 11.5 Å². The number of furan rings is 1. The van der Waals surface area contributed by atoms with Gasteiger partial charge in [0.2, 0.25) is 0 Å². The van der Waals surface area contributed by atoms with Crippen LogP contribution in [-0.4, -0.2) is 19.1 Å². The summed E-state index contributed by atoms with van der Waals surface area (Å²) in [5.41, 5.74) is 2.68. The van der Waals surface area contributed by atoms with Crippen LogP contribution < -0.4 is 4.74 Å². The van der Waals surface area contributed by atoms with Crippen molar-refractivity contribution in [3.63, 3.8) is 0 Å². The lowest BCUT2D eigenvalue weighted by Crippen LogP contribution is -2.52.